The number of ether oxygens (including phenoxy) is 1. The van der Waals surface area contributed by atoms with E-state index in [4.69, 9.17) is 4.74 Å². The van der Waals surface area contributed by atoms with Gasteiger partial charge in [-0.2, -0.15) is 0 Å². The number of carbonyl (C=O) groups is 1. The molecule has 0 spiro atoms. The first-order valence-electron chi connectivity index (χ1n) is 46.7. The Bertz CT molecular complexity index is 1640. The van der Waals surface area contributed by atoms with E-state index >= 15 is 0 Å². The Balaban J connectivity index is 5.78. The lowest BCUT2D eigenvalue weighted by atomic mass is 10.0. The lowest BCUT2D eigenvalue weighted by Gasteiger charge is -2.29. The third-order valence-corrected chi connectivity index (χ3v) is 22.0. The number of hydrogen-bond acceptors (Lipinski definition) is 7. The molecule has 2 N–H and O–H groups in total. The maximum absolute atomic E-state index is 12.6. The van der Waals surface area contributed by atoms with Crippen molar-refractivity contribution in [2.45, 2.75) is 471 Å². The molecule has 0 aliphatic carbocycles. The molecule has 2 atom stereocenters. The van der Waals surface area contributed by atoms with E-state index in [0.717, 1.165) is 84.7 Å². The van der Waals surface area contributed by atoms with E-state index in [1.807, 2.05) is 6.08 Å². The third kappa shape index (κ3) is 80.8. The molecule has 0 bridgehead atoms. The molecular formula is C95H186N4O3. The van der Waals surface area contributed by atoms with Gasteiger partial charge in [-0.15, -0.1) is 6.58 Å². The van der Waals surface area contributed by atoms with Crippen molar-refractivity contribution in [3.8, 4) is 0 Å². The van der Waals surface area contributed by atoms with Crippen LogP contribution in [-0.4, -0.2) is 110 Å². The van der Waals surface area contributed by atoms with Gasteiger partial charge in [0.2, 0.25) is 0 Å². The van der Waals surface area contributed by atoms with Crippen molar-refractivity contribution in [2.75, 3.05) is 78.6 Å². The molecule has 0 aromatic rings. The lowest BCUT2D eigenvalue weighted by Crippen LogP contribution is -2.41. The summed E-state index contributed by atoms with van der Waals surface area (Å²) < 4.78 is 5.58. The first-order chi connectivity index (χ1) is 50.4. The number of aliphatic hydroxyl groups is 1. The minimum Gasteiger partial charge on any atom is -0.463 e. The number of unbranched alkanes of at least 4 members (excludes halogenated alkanes) is 61. The number of hydrogen-bond donors (Lipinski definition) is 2. The highest BCUT2D eigenvalue weighted by atomic mass is 16.5. The predicted octanol–water partition coefficient (Wildman–Crippen LogP) is 29.1. The number of nitrogens with one attached hydrogen (secondary N) is 1. The molecule has 102 heavy (non-hydrogen) atoms. The summed E-state index contributed by atoms with van der Waals surface area (Å²) in [5, 5.41) is 15.8. The summed E-state index contributed by atoms with van der Waals surface area (Å²) in [5.74, 6) is 0.117. The van der Waals surface area contributed by atoms with Gasteiger partial charge < -0.3 is 25.0 Å². The molecule has 0 fully saturated rings. The molecule has 0 saturated heterocycles. The average molecular weight is 1430 g/mol. The van der Waals surface area contributed by atoms with Gasteiger partial charge in [-0.3, -0.25) is 4.90 Å². The Labute approximate surface area is 641 Å². The Morgan fingerprint density at radius 3 is 0.882 bits per heavy atom. The SMILES string of the molecule is C=CC(CNC/C=C/C(=O)OCCCCCCCCCCCCCCC)CN(CCCCCCCCCCCCCC)CCCCN(CCCCCCCCCCCCCC)CC(O)CN(C/C=C/CCCCCCCCCCCCCCC)C/C=C/CCCCCCCCCCCCCCC. The van der Waals surface area contributed by atoms with Gasteiger partial charge in [0, 0.05) is 57.8 Å². The number of carbonyl (C=O) groups excluding carboxylic acids is 1. The lowest BCUT2D eigenvalue weighted by molar-refractivity contribution is -0.137. The van der Waals surface area contributed by atoms with Gasteiger partial charge in [0.05, 0.1) is 12.7 Å². The van der Waals surface area contributed by atoms with Crippen LogP contribution in [0.4, 0.5) is 0 Å². The molecule has 0 aromatic carbocycles. The number of rotatable bonds is 89. The van der Waals surface area contributed by atoms with Crippen LogP contribution in [0.25, 0.3) is 0 Å². The quantitative estimate of drug-likeness (QED) is 0.0272. The standard InChI is InChI=1S/C95H186N4O3/c1-7-13-18-23-28-33-38-43-45-47-49-54-59-63-68-73-83-98(84-74-69-64-60-55-50-48-46-44-39-34-29-24-19-14-8-2)91-94(100)92-99(85-75-70-65-58-53-42-37-32-27-22-17-11-5)87-77-76-86-97(82-72-67-62-57-52-41-36-31-26-21-16-10-4)90-93(12-6)89-96-81-79-80-95(101)102-88-78-71-66-61-56-51-40-35-30-25-20-15-9-3/h12,68-69,73-74,79-80,93-94,96,100H,6-11,13-67,70-72,75-78,81-92H2,1-5H3/b73-68+,74-69+,80-79+. The van der Waals surface area contributed by atoms with Gasteiger partial charge in [0.1, 0.15) is 0 Å². The monoisotopic (exact) mass is 1430 g/mol. The van der Waals surface area contributed by atoms with E-state index in [0.29, 0.717) is 19.1 Å². The molecule has 0 aromatic heterocycles. The molecule has 0 saturated carbocycles. The topological polar surface area (TPSA) is 68.3 Å². The van der Waals surface area contributed by atoms with Gasteiger partial charge in [-0.25, -0.2) is 4.79 Å². The molecule has 604 valence electrons. The summed E-state index contributed by atoms with van der Waals surface area (Å²) in [5.41, 5.74) is 0. The van der Waals surface area contributed by atoms with Crippen LogP contribution in [0.2, 0.25) is 0 Å². The van der Waals surface area contributed by atoms with Gasteiger partial charge in [-0.05, 0) is 84.0 Å². The summed E-state index contributed by atoms with van der Waals surface area (Å²) in [6, 6.07) is 0. The average Bonchev–Trinajstić information content (AvgIpc) is 1.08. The molecule has 0 aliphatic rings. The molecule has 0 rings (SSSR count). The van der Waals surface area contributed by atoms with Crippen molar-refractivity contribution in [3.63, 3.8) is 0 Å². The maximum atomic E-state index is 12.6. The number of aliphatic hydroxyl groups excluding tert-OH is 1. The third-order valence-electron chi connectivity index (χ3n) is 22.0. The van der Waals surface area contributed by atoms with Gasteiger partial charge in [0.25, 0.3) is 0 Å². The zero-order valence-corrected chi connectivity index (χ0v) is 70.4. The second-order valence-electron chi connectivity index (χ2n) is 32.4. The normalized spacial score (nSPS) is 12.8. The van der Waals surface area contributed by atoms with Crippen molar-refractivity contribution in [1.29, 1.82) is 0 Å². The molecule has 0 radical (unpaired) electrons. The van der Waals surface area contributed by atoms with Gasteiger partial charge in [0.15, 0.2) is 0 Å². The van der Waals surface area contributed by atoms with E-state index in [2.05, 4.69) is 91.6 Å². The molecular weight excluding hydrogens is 1250 g/mol. The fourth-order valence-corrected chi connectivity index (χ4v) is 15.1. The summed E-state index contributed by atoms with van der Waals surface area (Å²) in [6.07, 6.45) is 106. The Morgan fingerprint density at radius 1 is 0.324 bits per heavy atom. The summed E-state index contributed by atoms with van der Waals surface area (Å²) in [6.45, 7) is 26.6. The van der Waals surface area contributed by atoms with E-state index in [1.54, 1.807) is 6.08 Å². The van der Waals surface area contributed by atoms with E-state index in [9.17, 15) is 9.90 Å². The highest BCUT2D eigenvalue weighted by molar-refractivity contribution is 5.81. The molecule has 0 amide bonds. The van der Waals surface area contributed by atoms with Crippen molar-refractivity contribution in [1.82, 2.24) is 20.0 Å². The smallest absolute Gasteiger partial charge is 0.330 e. The molecule has 0 heterocycles. The minimum atomic E-state index is -0.371. The predicted molar refractivity (Wildman–Crippen MR) is 458 cm³/mol. The van der Waals surface area contributed by atoms with Crippen LogP contribution in [0.15, 0.2) is 49.1 Å². The fraction of sp³-hybridized carbons (Fsp3) is 0.905. The summed E-state index contributed by atoms with van der Waals surface area (Å²) in [7, 11) is 0. The second kappa shape index (κ2) is 88.1. The fourth-order valence-electron chi connectivity index (χ4n) is 15.1. The summed E-state index contributed by atoms with van der Waals surface area (Å²) in [4.78, 5) is 20.5. The largest absolute Gasteiger partial charge is 0.463 e. The van der Waals surface area contributed by atoms with Gasteiger partial charge in [-0.1, -0.05) is 443 Å². The Kier molecular flexibility index (Phi) is 86.6. The van der Waals surface area contributed by atoms with E-state index in [-0.39, 0.29) is 12.1 Å². The molecule has 7 heteroatoms. The van der Waals surface area contributed by atoms with Gasteiger partial charge >= 0.3 is 5.97 Å². The second-order valence-corrected chi connectivity index (χ2v) is 32.4. The van der Waals surface area contributed by atoms with Crippen molar-refractivity contribution in [2.24, 2.45) is 5.92 Å². The van der Waals surface area contributed by atoms with Crippen molar-refractivity contribution < 1.29 is 14.6 Å². The van der Waals surface area contributed by atoms with Crippen LogP contribution in [-0.2, 0) is 9.53 Å². The first kappa shape index (κ1) is 100. The molecule has 7 nitrogen and oxygen atoms in total. The molecule has 2 unspecified atom stereocenters. The maximum Gasteiger partial charge on any atom is 0.330 e. The van der Waals surface area contributed by atoms with E-state index < -0.39 is 0 Å². The Morgan fingerprint density at radius 2 is 0.578 bits per heavy atom. The number of esters is 1. The zero-order chi connectivity index (χ0) is 73.7. The van der Waals surface area contributed by atoms with E-state index in [1.165, 1.54) is 411 Å². The van der Waals surface area contributed by atoms with Crippen LogP contribution in [0.1, 0.15) is 465 Å². The number of allylic oxidation sites excluding steroid dienone is 2. The first-order valence-corrected chi connectivity index (χ1v) is 46.7. The summed E-state index contributed by atoms with van der Waals surface area (Å²) >= 11 is 0. The highest BCUT2D eigenvalue weighted by Gasteiger charge is 2.17. The Hall–Kier alpha value is -1.77. The number of nitrogens with zero attached hydrogens (tertiary/aromatic N) is 3. The van der Waals surface area contributed by atoms with Crippen molar-refractivity contribution in [3.05, 3.63) is 49.1 Å². The minimum absolute atomic E-state index is 0.218. The highest BCUT2D eigenvalue weighted by Crippen LogP contribution is 2.20. The van der Waals surface area contributed by atoms with Crippen LogP contribution in [0.3, 0.4) is 0 Å². The van der Waals surface area contributed by atoms with Crippen LogP contribution in [0, 0.1) is 5.92 Å². The van der Waals surface area contributed by atoms with Crippen LogP contribution < -0.4 is 5.32 Å². The van der Waals surface area contributed by atoms with Crippen LogP contribution in [0.5, 0.6) is 0 Å². The molecule has 0 aliphatic heterocycles. The van der Waals surface area contributed by atoms with Crippen LogP contribution >= 0.6 is 0 Å². The van der Waals surface area contributed by atoms with Crippen molar-refractivity contribution >= 4 is 5.97 Å². The zero-order valence-electron chi connectivity index (χ0n) is 70.4.